The maximum atomic E-state index is 11.3. The summed E-state index contributed by atoms with van der Waals surface area (Å²) >= 11 is 11.9. The first-order chi connectivity index (χ1) is 9.01. The molecule has 0 atom stereocenters. The summed E-state index contributed by atoms with van der Waals surface area (Å²) in [6, 6.07) is 3.22. The Bertz CT molecular complexity index is 627. The Labute approximate surface area is 119 Å². The Kier molecular flexibility index (Phi) is 3.92. The number of hydrogen-bond donors (Lipinski definition) is 1. The lowest BCUT2D eigenvalue weighted by Gasteiger charge is -2.08. The fourth-order valence-electron chi connectivity index (χ4n) is 1.47. The number of anilines is 1. The maximum absolute atomic E-state index is 11.3. The van der Waals surface area contributed by atoms with Crippen molar-refractivity contribution in [2.75, 3.05) is 12.4 Å². The predicted molar refractivity (Wildman–Crippen MR) is 72.1 cm³/mol. The van der Waals surface area contributed by atoms with Gasteiger partial charge in [-0.05, 0) is 13.0 Å². The number of nitrogens with one attached hydrogen (secondary N) is 1. The van der Waals surface area contributed by atoms with Gasteiger partial charge < -0.3 is 4.74 Å². The number of nitrogens with zero attached hydrogens (tertiary/aromatic N) is 3. The molecule has 2 rings (SSSR count). The highest BCUT2D eigenvalue weighted by Crippen LogP contribution is 2.24. The molecule has 2 aromatic rings. The lowest BCUT2D eigenvalue weighted by atomic mass is 10.4. The molecule has 0 spiro atoms. The molecule has 0 saturated heterocycles. The van der Waals surface area contributed by atoms with Gasteiger partial charge in [0.25, 0.3) is 0 Å². The van der Waals surface area contributed by atoms with Crippen LogP contribution < -0.4 is 5.32 Å². The van der Waals surface area contributed by atoms with Crippen LogP contribution >= 0.6 is 23.2 Å². The van der Waals surface area contributed by atoms with Crippen LogP contribution in [-0.4, -0.2) is 28.0 Å². The van der Waals surface area contributed by atoms with Crippen LogP contribution in [0.25, 0.3) is 5.82 Å². The number of methoxy groups -OCH3 is 1. The molecule has 1 N–H and O–H groups in total. The van der Waals surface area contributed by atoms with Gasteiger partial charge in [-0.25, -0.2) is 9.78 Å². The standard InChI is InChI=1S/C11H10Cl2N4O2/c1-6-3-9(15-11(18)19-2)17(16-6)10-8(13)4-7(12)5-14-10/h3-5H,1-2H3,(H,15,18). The fraction of sp³-hybridized carbons (Fsp3) is 0.182. The summed E-state index contributed by atoms with van der Waals surface area (Å²) in [6.45, 7) is 1.78. The molecular weight excluding hydrogens is 291 g/mol. The minimum Gasteiger partial charge on any atom is -0.453 e. The first kappa shape index (κ1) is 13.6. The predicted octanol–water partition coefficient (Wildman–Crippen LogP) is 3.06. The Hall–Kier alpha value is -1.79. The number of ether oxygens (including phenoxy) is 1. The lowest BCUT2D eigenvalue weighted by Crippen LogP contribution is -2.15. The molecule has 0 aliphatic heterocycles. The molecule has 19 heavy (non-hydrogen) atoms. The van der Waals surface area contributed by atoms with Crippen LogP contribution in [0.15, 0.2) is 18.3 Å². The summed E-state index contributed by atoms with van der Waals surface area (Å²) in [7, 11) is 1.27. The average Bonchev–Trinajstić information content (AvgIpc) is 2.70. The zero-order valence-electron chi connectivity index (χ0n) is 10.1. The van der Waals surface area contributed by atoms with E-state index < -0.39 is 6.09 Å². The van der Waals surface area contributed by atoms with E-state index in [1.165, 1.54) is 18.0 Å². The first-order valence-corrected chi connectivity index (χ1v) is 6.00. The molecule has 0 aliphatic carbocycles. The van der Waals surface area contributed by atoms with Crippen molar-refractivity contribution in [3.8, 4) is 5.82 Å². The van der Waals surface area contributed by atoms with E-state index in [1.807, 2.05) is 0 Å². The molecule has 0 aromatic carbocycles. The summed E-state index contributed by atoms with van der Waals surface area (Å²) in [4.78, 5) is 15.4. The van der Waals surface area contributed by atoms with E-state index in [4.69, 9.17) is 23.2 Å². The highest BCUT2D eigenvalue weighted by Gasteiger charge is 2.14. The molecule has 100 valence electrons. The average molecular weight is 301 g/mol. The van der Waals surface area contributed by atoms with Crippen molar-refractivity contribution < 1.29 is 9.53 Å². The lowest BCUT2D eigenvalue weighted by molar-refractivity contribution is 0.186. The number of rotatable bonds is 2. The highest BCUT2D eigenvalue weighted by molar-refractivity contribution is 6.35. The second-order valence-corrected chi connectivity index (χ2v) is 4.50. The Morgan fingerprint density at radius 1 is 1.42 bits per heavy atom. The molecule has 8 heteroatoms. The number of halogens is 2. The van der Waals surface area contributed by atoms with Gasteiger partial charge in [0.05, 0.1) is 22.8 Å². The quantitative estimate of drug-likeness (QED) is 0.925. The Balaban J connectivity index is 2.46. The maximum Gasteiger partial charge on any atom is 0.412 e. The topological polar surface area (TPSA) is 69.0 Å². The van der Waals surface area contributed by atoms with Gasteiger partial charge in [0.15, 0.2) is 5.82 Å². The van der Waals surface area contributed by atoms with Crippen molar-refractivity contribution in [3.05, 3.63) is 34.1 Å². The second kappa shape index (κ2) is 5.46. The van der Waals surface area contributed by atoms with Crippen molar-refractivity contribution in [2.45, 2.75) is 6.92 Å². The van der Waals surface area contributed by atoms with Crippen LogP contribution in [0.3, 0.4) is 0 Å². The van der Waals surface area contributed by atoms with Crippen LogP contribution in [0.4, 0.5) is 10.6 Å². The van der Waals surface area contributed by atoms with Crippen molar-refractivity contribution in [3.63, 3.8) is 0 Å². The molecule has 0 saturated carbocycles. The molecule has 0 radical (unpaired) electrons. The van der Waals surface area contributed by atoms with Crippen LogP contribution in [0.5, 0.6) is 0 Å². The van der Waals surface area contributed by atoms with Crippen molar-refractivity contribution in [1.82, 2.24) is 14.8 Å². The summed E-state index contributed by atoms with van der Waals surface area (Å²) < 4.78 is 5.95. The molecule has 6 nitrogen and oxygen atoms in total. The number of hydrogen-bond acceptors (Lipinski definition) is 4. The van der Waals surface area contributed by atoms with Gasteiger partial charge in [-0.15, -0.1) is 0 Å². The van der Waals surface area contributed by atoms with Gasteiger partial charge >= 0.3 is 6.09 Å². The van der Waals surface area contributed by atoms with Crippen LogP contribution in [-0.2, 0) is 4.74 Å². The molecule has 2 aromatic heterocycles. The van der Waals surface area contributed by atoms with E-state index in [0.717, 1.165) is 0 Å². The molecule has 2 heterocycles. The van der Waals surface area contributed by atoms with E-state index in [0.29, 0.717) is 27.4 Å². The van der Waals surface area contributed by atoms with Gasteiger partial charge in [0.2, 0.25) is 0 Å². The highest BCUT2D eigenvalue weighted by atomic mass is 35.5. The van der Waals surface area contributed by atoms with Crippen LogP contribution in [0.1, 0.15) is 5.69 Å². The third-order valence-corrected chi connectivity index (χ3v) is 2.72. The fourth-order valence-corrected chi connectivity index (χ4v) is 1.93. The molecule has 0 aliphatic rings. The van der Waals surface area contributed by atoms with E-state index in [9.17, 15) is 4.79 Å². The number of pyridine rings is 1. The molecular formula is C11H10Cl2N4O2. The number of amides is 1. The number of aromatic nitrogens is 3. The van der Waals surface area contributed by atoms with Gasteiger partial charge in [0, 0.05) is 12.3 Å². The third-order valence-electron chi connectivity index (χ3n) is 2.24. The van der Waals surface area contributed by atoms with Crippen molar-refractivity contribution in [2.24, 2.45) is 0 Å². The summed E-state index contributed by atoms with van der Waals surface area (Å²) in [5.74, 6) is 0.770. The minimum atomic E-state index is -0.605. The van der Waals surface area contributed by atoms with Crippen LogP contribution in [0.2, 0.25) is 10.0 Å². The number of carbonyl (C=O) groups excluding carboxylic acids is 1. The SMILES string of the molecule is COC(=O)Nc1cc(C)nn1-c1ncc(Cl)cc1Cl. The summed E-state index contributed by atoms with van der Waals surface area (Å²) in [5, 5.41) is 7.48. The zero-order valence-corrected chi connectivity index (χ0v) is 11.7. The normalized spacial score (nSPS) is 10.3. The van der Waals surface area contributed by atoms with Crippen molar-refractivity contribution in [1.29, 1.82) is 0 Å². The number of aryl methyl sites for hydroxylation is 1. The van der Waals surface area contributed by atoms with E-state index >= 15 is 0 Å². The monoisotopic (exact) mass is 300 g/mol. The van der Waals surface area contributed by atoms with Gasteiger partial charge in [-0.2, -0.15) is 9.78 Å². The largest absolute Gasteiger partial charge is 0.453 e. The smallest absolute Gasteiger partial charge is 0.412 e. The number of carbonyl (C=O) groups is 1. The van der Waals surface area contributed by atoms with Crippen molar-refractivity contribution >= 4 is 35.1 Å². The Morgan fingerprint density at radius 3 is 2.79 bits per heavy atom. The zero-order chi connectivity index (χ0) is 14.0. The molecule has 0 bridgehead atoms. The van der Waals surface area contributed by atoms with Gasteiger partial charge in [0.1, 0.15) is 5.82 Å². The molecule has 1 amide bonds. The third kappa shape index (κ3) is 2.97. The summed E-state index contributed by atoms with van der Waals surface area (Å²) in [5.41, 5.74) is 0.694. The van der Waals surface area contributed by atoms with E-state index in [-0.39, 0.29) is 0 Å². The van der Waals surface area contributed by atoms with Gasteiger partial charge in [-0.1, -0.05) is 23.2 Å². The first-order valence-electron chi connectivity index (χ1n) is 5.24. The molecule has 0 fully saturated rings. The Morgan fingerprint density at radius 2 is 2.16 bits per heavy atom. The summed E-state index contributed by atoms with van der Waals surface area (Å²) in [6.07, 6.45) is 0.841. The van der Waals surface area contributed by atoms with E-state index in [1.54, 1.807) is 19.1 Å². The second-order valence-electron chi connectivity index (χ2n) is 3.66. The molecule has 0 unspecified atom stereocenters. The minimum absolute atomic E-state index is 0.323. The van der Waals surface area contributed by atoms with Gasteiger partial charge in [-0.3, -0.25) is 5.32 Å². The van der Waals surface area contributed by atoms with E-state index in [2.05, 4.69) is 20.1 Å². The van der Waals surface area contributed by atoms with Crippen LogP contribution in [0, 0.1) is 6.92 Å².